The summed E-state index contributed by atoms with van der Waals surface area (Å²) < 4.78 is 2.96. The summed E-state index contributed by atoms with van der Waals surface area (Å²) in [5.74, 6) is 0. The maximum absolute atomic E-state index is 2.45. The van der Waals surface area contributed by atoms with Crippen molar-refractivity contribution in [1.29, 1.82) is 0 Å². The zero-order valence-corrected chi connectivity index (χ0v) is 30.8. The van der Waals surface area contributed by atoms with E-state index >= 15 is 0 Å². The van der Waals surface area contributed by atoms with Crippen molar-refractivity contribution in [3.63, 3.8) is 0 Å². The van der Waals surface area contributed by atoms with E-state index in [-0.39, 0.29) is 0 Å². The van der Waals surface area contributed by atoms with E-state index in [1.807, 2.05) is 22.7 Å². The number of hydrogen-bond acceptors (Lipinski definition) is 2. The summed E-state index contributed by atoms with van der Waals surface area (Å²) in [6.07, 6.45) is 20.4. The van der Waals surface area contributed by atoms with Gasteiger partial charge < -0.3 is 0 Å². The number of benzene rings is 4. The molecule has 0 radical (unpaired) electrons. The first-order valence-electron chi connectivity index (χ1n) is 19.0. The molecule has 1 aliphatic carbocycles. The highest BCUT2D eigenvalue weighted by atomic mass is 32.1. The van der Waals surface area contributed by atoms with Crippen LogP contribution in [0.4, 0.5) is 0 Å². The molecule has 0 spiro atoms. The van der Waals surface area contributed by atoms with Gasteiger partial charge in [-0.05, 0) is 108 Å². The molecule has 2 heteroatoms. The van der Waals surface area contributed by atoms with E-state index in [1.165, 1.54) is 151 Å². The molecule has 0 saturated carbocycles. The van der Waals surface area contributed by atoms with Gasteiger partial charge in [0, 0.05) is 30.3 Å². The Hall–Kier alpha value is -3.20. The molecule has 4 aromatic carbocycles. The van der Waals surface area contributed by atoms with Crippen molar-refractivity contribution in [3.05, 3.63) is 117 Å². The topological polar surface area (TPSA) is 0 Å². The van der Waals surface area contributed by atoms with Gasteiger partial charge in [0.2, 0.25) is 0 Å². The van der Waals surface area contributed by atoms with Gasteiger partial charge in [-0.2, -0.15) is 0 Å². The van der Waals surface area contributed by atoms with Crippen molar-refractivity contribution < 1.29 is 0 Å². The maximum atomic E-state index is 2.45. The van der Waals surface area contributed by atoms with Gasteiger partial charge in [0.25, 0.3) is 0 Å². The van der Waals surface area contributed by atoms with Gasteiger partial charge in [0.05, 0.1) is 0 Å². The van der Waals surface area contributed by atoms with Crippen LogP contribution in [0.2, 0.25) is 0 Å². The Kier molecular flexibility index (Phi) is 11.1. The molecule has 0 saturated heterocycles. The van der Waals surface area contributed by atoms with Crippen LogP contribution in [-0.2, 0) is 38.5 Å². The third-order valence-electron chi connectivity index (χ3n) is 10.5. The lowest BCUT2D eigenvalue weighted by Gasteiger charge is -2.25. The number of thiophene rings is 2. The molecule has 0 unspecified atom stereocenters. The number of hydrogen-bond donors (Lipinski definition) is 0. The molecule has 1 aliphatic rings. The number of unbranched alkanes of at least 4 members (excludes halogenated alkanes) is 8. The van der Waals surface area contributed by atoms with Gasteiger partial charge in [-0.25, -0.2) is 0 Å². The Labute approximate surface area is 297 Å². The SMILES string of the molecule is CCCCCCCc1ccc(CCc2cc3ccc4c(c3s2)-c2ccc3cc(CCc5ccc(CCCCCCC)cc5)sc3c2-4)cc1. The zero-order valence-electron chi connectivity index (χ0n) is 29.2. The fraction of sp³-hybridized carbons (Fsp3) is 0.391. The highest BCUT2D eigenvalue weighted by molar-refractivity contribution is 7.20. The van der Waals surface area contributed by atoms with Crippen molar-refractivity contribution in [1.82, 2.24) is 0 Å². The van der Waals surface area contributed by atoms with Crippen molar-refractivity contribution >= 4 is 42.8 Å². The molecule has 0 N–H and O–H groups in total. The lowest BCUT2D eigenvalue weighted by Crippen LogP contribution is -1.98. The van der Waals surface area contributed by atoms with Crippen LogP contribution in [0.5, 0.6) is 0 Å². The summed E-state index contributed by atoms with van der Waals surface area (Å²) in [7, 11) is 0. The van der Waals surface area contributed by atoms with E-state index in [4.69, 9.17) is 0 Å². The van der Waals surface area contributed by atoms with Gasteiger partial charge in [-0.3, -0.25) is 0 Å². The van der Waals surface area contributed by atoms with Crippen molar-refractivity contribution in [3.8, 4) is 22.3 Å². The summed E-state index contributed by atoms with van der Waals surface area (Å²) >= 11 is 4.04. The molecule has 248 valence electrons. The lowest BCUT2D eigenvalue weighted by molar-refractivity contribution is 0.632. The van der Waals surface area contributed by atoms with Crippen molar-refractivity contribution in [2.24, 2.45) is 0 Å². The molecule has 2 aromatic heterocycles. The maximum Gasteiger partial charge on any atom is 0.0430 e. The van der Waals surface area contributed by atoms with Crippen LogP contribution in [0.15, 0.2) is 84.9 Å². The molecule has 0 atom stereocenters. The summed E-state index contributed by atoms with van der Waals surface area (Å²) in [6.45, 7) is 4.58. The first-order chi connectivity index (χ1) is 23.7. The summed E-state index contributed by atoms with van der Waals surface area (Å²) in [6, 6.07) is 33.3. The Bertz CT molecular complexity index is 1780. The number of rotatable bonds is 18. The third kappa shape index (κ3) is 7.66. The van der Waals surface area contributed by atoms with Crippen LogP contribution in [0.3, 0.4) is 0 Å². The molecule has 2 heterocycles. The Morgan fingerprint density at radius 1 is 0.375 bits per heavy atom. The first-order valence-corrected chi connectivity index (χ1v) is 20.6. The molecule has 6 aromatic rings. The quantitative estimate of drug-likeness (QED) is 0.0798. The molecule has 7 rings (SSSR count). The Morgan fingerprint density at radius 3 is 1.15 bits per heavy atom. The summed E-state index contributed by atoms with van der Waals surface area (Å²) in [4.78, 5) is 3.01. The molecule has 0 fully saturated rings. The Balaban J connectivity index is 0.965. The monoisotopic (exact) mass is 668 g/mol. The van der Waals surface area contributed by atoms with Gasteiger partial charge in [-0.15, -0.1) is 22.7 Å². The van der Waals surface area contributed by atoms with E-state index in [0.29, 0.717) is 0 Å². The van der Waals surface area contributed by atoms with Gasteiger partial charge in [0.1, 0.15) is 0 Å². The van der Waals surface area contributed by atoms with E-state index in [0.717, 1.165) is 25.7 Å². The molecular formula is C46H52S2. The standard InChI is InChI=1S/C46H52S2/c1-3-5-7-9-11-13-33-15-19-35(20-16-33)23-27-39-31-37-25-29-41-43(45(37)47-39)42-30-26-38-32-40(48-46(38)44(41)42)28-24-36-21-17-34(18-22-36)14-12-10-8-6-4-2/h15-22,25-26,29-32H,3-14,23-24,27-28H2,1-2H3. The second kappa shape index (κ2) is 16.0. The minimum absolute atomic E-state index is 1.12. The van der Waals surface area contributed by atoms with Gasteiger partial charge in [0.15, 0.2) is 0 Å². The number of aryl methyl sites for hydroxylation is 6. The smallest absolute Gasteiger partial charge is 0.0430 e. The van der Waals surface area contributed by atoms with Crippen LogP contribution < -0.4 is 0 Å². The number of fused-ring (bicyclic) bond motifs is 8. The molecule has 0 bridgehead atoms. The van der Waals surface area contributed by atoms with Crippen LogP contribution >= 0.6 is 22.7 Å². The summed E-state index contributed by atoms with van der Waals surface area (Å²) in [5, 5.41) is 2.82. The molecule has 0 nitrogen and oxygen atoms in total. The van der Waals surface area contributed by atoms with Gasteiger partial charge >= 0.3 is 0 Å². The van der Waals surface area contributed by atoms with E-state index in [1.54, 1.807) is 0 Å². The van der Waals surface area contributed by atoms with Crippen LogP contribution in [0.1, 0.15) is 110 Å². The predicted molar refractivity (Wildman–Crippen MR) is 214 cm³/mol. The van der Waals surface area contributed by atoms with E-state index in [9.17, 15) is 0 Å². The van der Waals surface area contributed by atoms with E-state index < -0.39 is 0 Å². The molecule has 0 amide bonds. The summed E-state index contributed by atoms with van der Waals surface area (Å²) in [5.41, 5.74) is 11.8. The van der Waals surface area contributed by atoms with Crippen LogP contribution in [-0.4, -0.2) is 0 Å². The molecule has 48 heavy (non-hydrogen) atoms. The minimum Gasteiger partial charge on any atom is -0.140 e. The first kappa shape index (κ1) is 33.3. The van der Waals surface area contributed by atoms with Gasteiger partial charge in [-0.1, -0.05) is 138 Å². The zero-order chi connectivity index (χ0) is 32.7. The largest absolute Gasteiger partial charge is 0.140 e. The highest BCUT2D eigenvalue weighted by Gasteiger charge is 2.28. The van der Waals surface area contributed by atoms with Crippen molar-refractivity contribution in [2.45, 2.75) is 117 Å². The second-order valence-electron chi connectivity index (χ2n) is 14.2. The highest BCUT2D eigenvalue weighted by Crippen LogP contribution is 2.56. The fourth-order valence-corrected chi connectivity index (χ4v) is 10.0. The molecule has 0 aliphatic heterocycles. The normalized spacial score (nSPS) is 12.0. The second-order valence-corrected chi connectivity index (χ2v) is 16.5. The molecular weight excluding hydrogens is 617 g/mol. The van der Waals surface area contributed by atoms with E-state index in [2.05, 4.69) is 98.8 Å². The third-order valence-corrected chi connectivity index (χ3v) is 13.0. The van der Waals surface area contributed by atoms with Crippen LogP contribution in [0, 0.1) is 0 Å². The average molecular weight is 669 g/mol. The lowest BCUT2D eigenvalue weighted by atomic mass is 9.79. The minimum atomic E-state index is 1.12. The Morgan fingerprint density at radius 2 is 0.750 bits per heavy atom. The fourth-order valence-electron chi connectivity index (χ4n) is 7.59. The predicted octanol–water partition coefficient (Wildman–Crippen LogP) is 14.4. The average Bonchev–Trinajstić information content (AvgIpc) is 3.71. The van der Waals surface area contributed by atoms with Crippen molar-refractivity contribution in [2.75, 3.05) is 0 Å². The van der Waals surface area contributed by atoms with Crippen LogP contribution in [0.25, 0.3) is 42.4 Å².